The van der Waals surface area contributed by atoms with E-state index in [0.717, 1.165) is 17.2 Å². The molecule has 2 rings (SSSR count). The Morgan fingerprint density at radius 1 is 1.00 bits per heavy atom. The lowest BCUT2D eigenvalue weighted by molar-refractivity contribution is 0.507. The van der Waals surface area contributed by atoms with Gasteiger partial charge in [0.2, 0.25) is 0 Å². The van der Waals surface area contributed by atoms with Crippen LogP contribution in [-0.2, 0) is 12.8 Å². The van der Waals surface area contributed by atoms with Crippen molar-refractivity contribution in [2.45, 2.75) is 44.4 Å². The summed E-state index contributed by atoms with van der Waals surface area (Å²) in [6, 6.07) is 17.4. The van der Waals surface area contributed by atoms with E-state index < -0.39 is 0 Å². The van der Waals surface area contributed by atoms with Crippen molar-refractivity contribution < 1.29 is 0 Å². The number of aryl methyl sites for hydroxylation is 2. The predicted octanol–water partition coefficient (Wildman–Crippen LogP) is 5.49. The van der Waals surface area contributed by atoms with Crippen LogP contribution >= 0.6 is 12.6 Å². The van der Waals surface area contributed by atoms with Crippen molar-refractivity contribution in [3.05, 3.63) is 65.2 Å². The number of benzene rings is 2. The molecule has 0 aromatic heterocycles. The minimum atomic E-state index is 0.732. The Kier molecular flexibility index (Phi) is 5.72. The highest BCUT2D eigenvalue weighted by molar-refractivity contribution is 7.80. The molecule has 0 aliphatic carbocycles. The lowest BCUT2D eigenvalue weighted by atomic mass is 9.94. The molecular formula is C19H24S. The summed E-state index contributed by atoms with van der Waals surface area (Å²) >= 11 is 4.40. The van der Waals surface area contributed by atoms with Gasteiger partial charge >= 0.3 is 0 Å². The number of hydrogen-bond donors (Lipinski definition) is 1. The molecule has 0 saturated heterocycles. The normalized spacial score (nSPS) is 12.3. The van der Waals surface area contributed by atoms with Crippen LogP contribution in [0.3, 0.4) is 0 Å². The van der Waals surface area contributed by atoms with Gasteiger partial charge in [-0.3, -0.25) is 0 Å². The molecule has 0 spiro atoms. The molecule has 106 valence electrons. The SMILES string of the molecule is Cc1ccc(CCCC(C)Cc2cccc(S)c2)cc1. The van der Waals surface area contributed by atoms with E-state index in [2.05, 4.69) is 68.9 Å². The van der Waals surface area contributed by atoms with Gasteiger partial charge in [0.15, 0.2) is 0 Å². The molecule has 20 heavy (non-hydrogen) atoms. The van der Waals surface area contributed by atoms with E-state index in [0.29, 0.717) is 0 Å². The summed E-state index contributed by atoms with van der Waals surface area (Å²) in [4.78, 5) is 1.06. The highest BCUT2D eigenvalue weighted by atomic mass is 32.1. The molecule has 2 aromatic rings. The summed E-state index contributed by atoms with van der Waals surface area (Å²) in [5.74, 6) is 0.732. The third-order valence-electron chi connectivity index (χ3n) is 3.78. The average Bonchev–Trinajstić information content (AvgIpc) is 2.41. The molecule has 0 saturated carbocycles. The highest BCUT2D eigenvalue weighted by Gasteiger charge is 2.04. The summed E-state index contributed by atoms with van der Waals surface area (Å²) in [5.41, 5.74) is 4.20. The minimum absolute atomic E-state index is 0.732. The van der Waals surface area contributed by atoms with Gasteiger partial charge in [-0.25, -0.2) is 0 Å². The first-order valence-corrected chi connectivity index (χ1v) is 7.91. The molecule has 1 atom stereocenters. The van der Waals surface area contributed by atoms with Crippen LogP contribution in [0.25, 0.3) is 0 Å². The summed E-state index contributed by atoms with van der Waals surface area (Å²) in [7, 11) is 0. The maximum atomic E-state index is 4.40. The second kappa shape index (κ2) is 7.54. The summed E-state index contributed by atoms with van der Waals surface area (Å²) < 4.78 is 0. The number of hydrogen-bond acceptors (Lipinski definition) is 1. The van der Waals surface area contributed by atoms with E-state index in [1.54, 1.807) is 0 Å². The maximum Gasteiger partial charge on any atom is 0.00427 e. The van der Waals surface area contributed by atoms with Gasteiger partial charge in [0.05, 0.1) is 0 Å². The second-order valence-electron chi connectivity index (χ2n) is 5.86. The van der Waals surface area contributed by atoms with Crippen molar-refractivity contribution in [1.82, 2.24) is 0 Å². The van der Waals surface area contributed by atoms with E-state index in [4.69, 9.17) is 0 Å². The summed E-state index contributed by atoms with van der Waals surface area (Å²) in [5, 5.41) is 0. The molecule has 0 N–H and O–H groups in total. The third kappa shape index (κ3) is 5.05. The van der Waals surface area contributed by atoms with Crippen LogP contribution in [0, 0.1) is 12.8 Å². The summed E-state index contributed by atoms with van der Waals surface area (Å²) in [6.07, 6.45) is 4.90. The van der Waals surface area contributed by atoms with Crippen molar-refractivity contribution in [2.75, 3.05) is 0 Å². The van der Waals surface area contributed by atoms with Gasteiger partial charge in [0.25, 0.3) is 0 Å². The molecule has 0 nitrogen and oxygen atoms in total. The van der Waals surface area contributed by atoms with Crippen LogP contribution < -0.4 is 0 Å². The minimum Gasteiger partial charge on any atom is -0.143 e. The summed E-state index contributed by atoms with van der Waals surface area (Å²) in [6.45, 7) is 4.49. The van der Waals surface area contributed by atoms with Gasteiger partial charge in [-0.1, -0.05) is 55.3 Å². The van der Waals surface area contributed by atoms with Gasteiger partial charge in [-0.05, 0) is 55.4 Å². The Hall–Kier alpha value is -1.21. The molecule has 1 heteroatoms. The zero-order valence-corrected chi connectivity index (χ0v) is 13.4. The van der Waals surface area contributed by atoms with Crippen molar-refractivity contribution >= 4 is 12.6 Å². The molecule has 2 aromatic carbocycles. The van der Waals surface area contributed by atoms with Gasteiger partial charge in [0, 0.05) is 4.90 Å². The molecule has 0 heterocycles. The van der Waals surface area contributed by atoms with E-state index >= 15 is 0 Å². The topological polar surface area (TPSA) is 0 Å². The maximum absolute atomic E-state index is 4.40. The van der Waals surface area contributed by atoms with E-state index in [1.165, 1.54) is 36.0 Å². The molecular weight excluding hydrogens is 260 g/mol. The first-order valence-electron chi connectivity index (χ1n) is 7.47. The van der Waals surface area contributed by atoms with Gasteiger partial charge in [-0.2, -0.15) is 0 Å². The Morgan fingerprint density at radius 3 is 2.45 bits per heavy atom. The van der Waals surface area contributed by atoms with E-state index in [9.17, 15) is 0 Å². The molecule has 0 amide bonds. The monoisotopic (exact) mass is 284 g/mol. The van der Waals surface area contributed by atoms with Crippen LogP contribution in [-0.4, -0.2) is 0 Å². The molecule has 0 fully saturated rings. The van der Waals surface area contributed by atoms with Crippen LogP contribution in [0.1, 0.15) is 36.5 Å². The van der Waals surface area contributed by atoms with Crippen molar-refractivity contribution in [2.24, 2.45) is 5.92 Å². The first kappa shape index (κ1) is 15.2. The highest BCUT2D eigenvalue weighted by Crippen LogP contribution is 2.18. The standard InChI is InChI=1S/C19H24S/c1-15-9-11-17(12-10-15)6-3-5-16(2)13-18-7-4-8-19(20)14-18/h4,7-12,14,16,20H,3,5-6,13H2,1-2H3. The van der Waals surface area contributed by atoms with Crippen LogP contribution in [0.15, 0.2) is 53.4 Å². The Balaban J connectivity index is 1.75. The lowest BCUT2D eigenvalue weighted by Gasteiger charge is -2.12. The third-order valence-corrected chi connectivity index (χ3v) is 4.06. The fourth-order valence-corrected chi connectivity index (χ4v) is 2.85. The molecule has 0 bridgehead atoms. The smallest absolute Gasteiger partial charge is 0.00427 e. The second-order valence-corrected chi connectivity index (χ2v) is 6.37. The predicted molar refractivity (Wildman–Crippen MR) is 90.7 cm³/mol. The lowest BCUT2D eigenvalue weighted by Crippen LogP contribution is -2.01. The van der Waals surface area contributed by atoms with E-state index in [-0.39, 0.29) is 0 Å². The van der Waals surface area contributed by atoms with Gasteiger partial charge in [-0.15, -0.1) is 12.6 Å². The molecule has 0 aliphatic heterocycles. The average molecular weight is 284 g/mol. The number of thiol groups is 1. The Morgan fingerprint density at radius 2 is 1.75 bits per heavy atom. The molecule has 0 aliphatic rings. The Labute approximate surface area is 128 Å². The van der Waals surface area contributed by atoms with Crippen LogP contribution in [0.4, 0.5) is 0 Å². The quantitative estimate of drug-likeness (QED) is 0.667. The fourth-order valence-electron chi connectivity index (χ4n) is 2.60. The number of rotatable bonds is 6. The van der Waals surface area contributed by atoms with E-state index in [1.807, 2.05) is 6.07 Å². The van der Waals surface area contributed by atoms with Gasteiger partial charge < -0.3 is 0 Å². The fraction of sp³-hybridized carbons (Fsp3) is 0.368. The van der Waals surface area contributed by atoms with Crippen molar-refractivity contribution in [3.8, 4) is 0 Å². The van der Waals surface area contributed by atoms with Crippen LogP contribution in [0.5, 0.6) is 0 Å². The first-order chi connectivity index (χ1) is 9.63. The molecule has 1 unspecified atom stereocenters. The van der Waals surface area contributed by atoms with Crippen molar-refractivity contribution in [1.29, 1.82) is 0 Å². The molecule has 0 radical (unpaired) electrons. The zero-order chi connectivity index (χ0) is 14.4. The van der Waals surface area contributed by atoms with Crippen molar-refractivity contribution in [3.63, 3.8) is 0 Å². The largest absolute Gasteiger partial charge is 0.143 e. The van der Waals surface area contributed by atoms with Crippen LogP contribution in [0.2, 0.25) is 0 Å². The van der Waals surface area contributed by atoms with Gasteiger partial charge in [0.1, 0.15) is 0 Å². The Bertz CT molecular complexity index is 528. The zero-order valence-electron chi connectivity index (χ0n) is 12.5.